The molecule has 0 radical (unpaired) electrons. The topological polar surface area (TPSA) is 9.23 Å². The van der Waals surface area contributed by atoms with Crippen LogP contribution in [0.2, 0.25) is 0 Å². The van der Waals surface area contributed by atoms with Crippen molar-refractivity contribution >= 4 is 15.9 Å². The van der Waals surface area contributed by atoms with Crippen LogP contribution in [0.5, 0.6) is 5.75 Å². The Morgan fingerprint density at radius 3 is 2.18 bits per heavy atom. The molecule has 96 valence electrons. The smallest absolute Gasteiger partial charge is 0.119 e. The maximum Gasteiger partial charge on any atom is 0.119 e. The van der Waals surface area contributed by atoms with E-state index in [2.05, 4.69) is 54.0 Å². The van der Waals surface area contributed by atoms with Crippen molar-refractivity contribution in [3.63, 3.8) is 0 Å². The Morgan fingerprint density at radius 1 is 1.12 bits per heavy atom. The van der Waals surface area contributed by atoms with Gasteiger partial charge in [0.1, 0.15) is 5.75 Å². The third-order valence-corrected chi connectivity index (χ3v) is 4.14. The minimum absolute atomic E-state index is 0.238. The summed E-state index contributed by atoms with van der Waals surface area (Å²) in [6.07, 6.45) is 2.67. The SMILES string of the molecule is CCCC(Br)C(C)c1ccc(OC(C)C)cc1. The first-order valence-electron chi connectivity index (χ1n) is 6.45. The Labute approximate surface area is 114 Å². The first-order chi connectivity index (χ1) is 8.04. The van der Waals surface area contributed by atoms with E-state index in [1.165, 1.54) is 18.4 Å². The third-order valence-electron chi connectivity index (χ3n) is 2.88. The van der Waals surface area contributed by atoms with Crippen molar-refractivity contribution in [2.45, 2.75) is 57.4 Å². The van der Waals surface area contributed by atoms with Gasteiger partial charge in [0.2, 0.25) is 0 Å². The average molecular weight is 299 g/mol. The van der Waals surface area contributed by atoms with E-state index in [1.54, 1.807) is 0 Å². The highest BCUT2D eigenvalue weighted by Crippen LogP contribution is 2.29. The molecule has 0 amide bonds. The first kappa shape index (κ1) is 14.6. The van der Waals surface area contributed by atoms with Crippen molar-refractivity contribution < 1.29 is 4.74 Å². The molecule has 0 aliphatic carbocycles. The number of halogens is 1. The molecule has 0 aromatic heterocycles. The molecule has 0 aliphatic rings. The Kier molecular flexibility index (Phi) is 6.04. The molecule has 1 aromatic rings. The molecule has 0 N–H and O–H groups in total. The Balaban J connectivity index is 2.66. The normalized spacial score (nSPS) is 14.7. The molecule has 17 heavy (non-hydrogen) atoms. The highest BCUT2D eigenvalue weighted by molar-refractivity contribution is 9.09. The van der Waals surface area contributed by atoms with E-state index in [0.29, 0.717) is 10.7 Å². The zero-order valence-corrected chi connectivity index (χ0v) is 12.8. The van der Waals surface area contributed by atoms with Gasteiger partial charge >= 0.3 is 0 Å². The van der Waals surface area contributed by atoms with E-state index in [1.807, 2.05) is 13.8 Å². The summed E-state index contributed by atoms with van der Waals surface area (Å²) in [4.78, 5) is 0.560. The number of rotatable bonds is 6. The molecule has 0 bridgehead atoms. The quantitative estimate of drug-likeness (QED) is 0.661. The van der Waals surface area contributed by atoms with Crippen molar-refractivity contribution in [1.82, 2.24) is 0 Å². The van der Waals surface area contributed by atoms with Crippen LogP contribution in [0.15, 0.2) is 24.3 Å². The first-order valence-corrected chi connectivity index (χ1v) is 7.36. The summed E-state index contributed by atoms with van der Waals surface area (Å²) in [6, 6.07) is 8.48. The minimum atomic E-state index is 0.238. The van der Waals surface area contributed by atoms with Crippen molar-refractivity contribution in [3.8, 4) is 5.75 Å². The summed E-state index contributed by atoms with van der Waals surface area (Å²) < 4.78 is 5.65. The van der Waals surface area contributed by atoms with E-state index in [9.17, 15) is 0 Å². The summed E-state index contributed by atoms with van der Waals surface area (Å²) in [5.74, 6) is 1.50. The van der Waals surface area contributed by atoms with Gasteiger partial charge in [0.05, 0.1) is 6.10 Å². The molecule has 0 heterocycles. The number of alkyl halides is 1. The van der Waals surface area contributed by atoms with Crippen molar-refractivity contribution in [3.05, 3.63) is 29.8 Å². The lowest BCUT2D eigenvalue weighted by Crippen LogP contribution is -2.09. The van der Waals surface area contributed by atoms with Crippen LogP contribution in [-0.2, 0) is 0 Å². The maximum absolute atomic E-state index is 5.65. The highest BCUT2D eigenvalue weighted by Gasteiger charge is 2.15. The zero-order chi connectivity index (χ0) is 12.8. The monoisotopic (exact) mass is 298 g/mol. The molecule has 0 aliphatic heterocycles. The molecular formula is C15H23BrO. The van der Waals surface area contributed by atoms with Crippen molar-refractivity contribution in [2.24, 2.45) is 0 Å². The molecule has 0 saturated heterocycles. The lowest BCUT2D eigenvalue weighted by molar-refractivity contribution is 0.242. The van der Waals surface area contributed by atoms with Gasteiger partial charge in [-0.05, 0) is 43.9 Å². The summed E-state index contributed by atoms with van der Waals surface area (Å²) in [7, 11) is 0. The van der Waals surface area contributed by atoms with Crippen LogP contribution in [0.1, 0.15) is 52.0 Å². The van der Waals surface area contributed by atoms with Gasteiger partial charge in [0.25, 0.3) is 0 Å². The molecule has 2 unspecified atom stereocenters. The summed E-state index contributed by atoms with van der Waals surface area (Å²) in [5.41, 5.74) is 1.37. The van der Waals surface area contributed by atoms with E-state index < -0.39 is 0 Å². The highest BCUT2D eigenvalue weighted by atomic mass is 79.9. The lowest BCUT2D eigenvalue weighted by Gasteiger charge is -2.19. The molecule has 0 spiro atoms. The second-order valence-corrected chi connectivity index (χ2v) is 6.01. The molecule has 0 fully saturated rings. The van der Waals surface area contributed by atoms with Gasteiger partial charge in [-0.25, -0.2) is 0 Å². The predicted molar refractivity (Wildman–Crippen MR) is 78.2 cm³/mol. The summed E-state index contributed by atoms with van der Waals surface area (Å²) in [5, 5.41) is 0. The lowest BCUT2D eigenvalue weighted by atomic mass is 9.95. The van der Waals surface area contributed by atoms with Gasteiger partial charge < -0.3 is 4.74 Å². The Morgan fingerprint density at radius 2 is 1.71 bits per heavy atom. The fourth-order valence-electron chi connectivity index (χ4n) is 1.86. The van der Waals surface area contributed by atoms with Gasteiger partial charge in [0.15, 0.2) is 0 Å². The average Bonchev–Trinajstić information content (AvgIpc) is 2.28. The molecule has 1 nitrogen and oxygen atoms in total. The fraction of sp³-hybridized carbons (Fsp3) is 0.600. The molecule has 1 aromatic carbocycles. The number of ether oxygens (including phenoxy) is 1. The van der Waals surface area contributed by atoms with Crippen molar-refractivity contribution in [1.29, 1.82) is 0 Å². The second-order valence-electron chi connectivity index (χ2n) is 4.83. The Hall–Kier alpha value is -0.500. The summed E-state index contributed by atoms with van der Waals surface area (Å²) >= 11 is 3.77. The van der Waals surface area contributed by atoms with E-state index in [-0.39, 0.29) is 6.10 Å². The standard InChI is InChI=1S/C15H23BrO/c1-5-6-15(16)12(4)13-7-9-14(10-8-13)17-11(2)3/h7-12,15H,5-6H2,1-4H3. The van der Waals surface area contributed by atoms with Crippen LogP contribution < -0.4 is 4.74 Å². The predicted octanol–water partition coefficient (Wildman–Crippen LogP) is 5.14. The largest absolute Gasteiger partial charge is 0.491 e. The van der Waals surface area contributed by atoms with Crippen LogP contribution in [0.4, 0.5) is 0 Å². The van der Waals surface area contributed by atoms with Crippen LogP contribution in [0, 0.1) is 0 Å². The minimum Gasteiger partial charge on any atom is -0.491 e. The van der Waals surface area contributed by atoms with Crippen molar-refractivity contribution in [2.75, 3.05) is 0 Å². The second kappa shape index (κ2) is 7.05. The van der Waals surface area contributed by atoms with E-state index in [0.717, 1.165) is 5.75 Å². The number of hydrogen-bond acceptors (Lipinski definition) is 1. The van der Waals surface area contributed by atoms with Gasteiger partial charge in [-0.3, -0.25) is 0 Å². The van der Waals surface area contributed by atoms with Crippen LogP contribution in [0.3, 0.4) is 0 Å². The van der Waals surface area contributed by atoms with Gasteiger partial charge in [-0.15, -0.1) is 0 Å². The van der Waals surface area contributed by atoms with Crippen LogP contribution >= 0.6 is 15.9 Å². The van der Waals surface area contributed by atoms with Crippen LogP contribution in [0.25, 0.3) is 0 Å². The molecular weight excluding hydrogens is 276 g/mol. The third kappa shape index (κ3) is 4.71. The van der Waals surface area contributed by atoms with Gasteiger partial charge in [-0.2, -0.15) is 0 Å². The zero-order valence-electron chi connectivity index (χ0n) is 11.2. The summed E-state index contributed by atoms with van der Waals surface area (Å²) in [6.45, 7) is 8.59. The maximum atomic E-state index is 5.65. The van der Waals surface area contributed by atoms with Crippen LogP contribution in [-0.4, -0.2) is 10.9 Å². The number of benzene rings is 1. The van der Waals surface area contributed by atoms with E-state index >= 15 is 0 Å². The fourth-order valence-corrected chi connectivity index (χ4v) is 2.62. The molecule has 1 rings (SSSR count). The number of hydrogen-bond donors (Lipinski definition) is 0. The van der Waals surface area contributed by atoms with Gasteiger partial charge in [-0.1, -0.05) is 48.3 Å². The van der Waals surface area contributed by atoms with E-state index in [4.69, 9.17) is 4.74 Å². The van der Waals surface area contributed by atoms with Gasteiger partial charge in [0, 0.05) is 4.83 Å². The molecule has 2 atom stereocenters. The Bertz CT molecular complexity index is 318. The molecule has 2 heteroatoms. The molecule has 0 saturated carbocycles.